The van der Waals surface area contributed by atoms with E-state index in [0.29, 0.717) is 19.6 Å². The zero-order chi connectivity index (χ0) is 14.0. The van der Waals surface area contributed by atoms with Gasteiger partial charge in [0, 0.05) is 19.8 Å². The summed E-state index contributed by atoms with van der Waals surface area (Å²) < 4.78 is 5.26. The molecule has 0 saturated carbocycles. The van der Waals surface area contributed by atoms with E-state index in [-0.39, 0.29) is 5.92 Å². The number of urea groups is 1. The van der Waals surface area contributed by atoms with E-state index in [0.717, 1.165) is 13.0 Å². The second-order valence-corrected chi connectivity index (χ2v) is 4.43. The van der Waals surface area contributed by atoms with Crippen LogP contribution in [0.25, 0.3) is 0 Å². The van der Waals surface area contributed by atoms with Crippen molar-refractivity contribution in [2.24, 2.45) is 5.92 Å². The lowest BCUT2D eigenvalue weighted by atomic mass is 10.1. The third-order valence-corrected chi connectivity index (χ3v) is 2.32. The fourth-order valence-corrected chi connectivity index (χ4v) is 1.33. The Balaban J connectivity index is 3.72. The van der Waals surface area contributed by atoms with Crippen LogP contribution in [0.4, 0.5) is 4.79 Å². The number of carboxylic acid groups (broad SMARTS) is 1. The zero-order valence-electron chi connectivity index (χ0n) is 11.4. The van der Waals surface area contributed by atoms with E-state index in [1.54, 1.807) is 13.8 Å². The van der Waals surface area contributed by atoms with Crippen molar-refractivity contribution in [3.05, 3.63) is 0 Å². The van der Waals surface area contributed by atoms with E-state index in [1.807, 2.05) is 6.92 Å². The van der Waals surface area contributed by atoms with Crippen molar-refractivity contribution in [2.45, 2.75) is 39.7 Å². The summed E-state index contributed by atoms with van der Waals surface area (Å²) in [6.07, 6.45) is 1.69. The van der Waals surface area contributed by atoms with Crippen molar-refractivity contribution in [3.63, 3.8) is 0 Å². The molecule has 3 N–H and O–H groups in total. The maximum atomic E-state index is 11.4. The number of carboxylic acids is 1. The van der Waals surface area contributed by atoms with Gasteiger partial charge in [0.05, 0.1) is 0 Å². The van der Waals surface area contributed by atoms with Crippen LogP contribution in [0.1, 0.15) is 33.6 Å². The molecule has 18 heavy (non-hydrogen) atoms. The van der Waals surface area contributed by atoms with Crippen molar-refractivity contribution < 1.29 is 19.4 Å². The first-order valence-corrected chi connectivity index (χ1v) is 6.34. The second-order valence-electron chi connectivity index (χ2n) is 4.43. The molecule has 0 aromatic rings. The summed E-state index contributed by atoms with van der Waals surface area (Å²) >= 11 is 0. The van der Waals surface area contributed by atoms with Crippen LogP contribution in [0.2, 0.25) is 0 Å². The molecule has 0 fully saturated rings. The van der Waals surface area contributed by atoms with Gasteiger partial charge in [0.15, 0.2) is 0 Å². The van der Waals surface area contributed by atoms with Gasteiger partial charge in [-0.15, -0.1) is 0 Å². The topological polar surface area (TPSA) is 87.7 Å². The van der Waals surface area contributed by atoms with Gasteiger partial charge in [-0.1, -0.05) is 20.8 Å². The first-order chi connectivity index (χ1) is 8.49. The number of nitrogens with one attached hydrogen (secondary N) is 2. The van der Waals surface area contributed by atoms with Crippen molar-refractivity contribution in [1.82, 2.24) is 10.6 Å². The normalized spacial score (nSPS) is 12.2. The summed E-state index contributed by atoms with van der Waals surface area (Å²) in [6, 6.07) is -1.31. The fourth-order valence-electron chi connectivity index (χ4n) is 1.33. The largest absolute Gasteiger partial charge is 0.480 e. The molecule has 0 aromatic carbocycles. The molecule has 0 saturated heterocycles. The van der Waals surface area contributed by atoms with E-state index in [9.17, 15) is 9.59 Å². The number of rotatable bonds is 9. The quantitative estimate of drug-likeness (QED) is 0.544. The van der Waals surface area contributed by atoms with Crippen molar-refractivity contribution in [2.75, 3.05) is 19.8 Å². The maximum absolute atomic E-state index is 11.4. The summed E-state index contributed by atoms with van der Waals surface area (Å²) in [5.74, 6) is -1.17. The Morgan fingerprint density at radius 2 is 1.94 bits per heavy atom. The standard InChI is InChI=1S/C12H24N2O4/c1-4-7-18-8-5-6-13-12(17)14-10(9(2)3)11(15)16/h9-10H,4-8H2,1-3H3,(H,15,16)(H2,13,14,17). The second kappa shape index (κ2) is 9.70. The molecule has 1 atom stereocenters. The highest BCUT2D eigenvalue weighted by atomic mass is 16.5. The molecule has 106 valence electrons. The summed E-state index contributed by atoms with van der Waals surface area (Å²) in [7, 11) is 0. The average molecular weight is 260 g/mol. The highest BCUT2D eigenvalue weighted by Crippen LogP contribution is 2.01. The maximum Gasteiger partial charge on any atom is 0.326 e. The first-order valence-electron chi connectivity index (χ1n) is 6.34. The first kappa shape index (κ1) is 16.7. The lowest BCUT2D eigenvalue weighted by Gasteiger charge is -2.18. The molecule has 0 rings (SSSR count). The number of ether oxygens (including phenoxy) is 1. The molecule has 2 amide bonds. The van der Waals surface area contributed by atoms with Gasteiger partial charge >= 0.3 is 12.0 Å². The average Bonchev–Trinajstić information content (AvgIpc) is 2.29. The third kappa shape index (κ3) is 7.89. The number of carbonyl (C=O) groups excluding carboxylic acids is 1. The molecule has 0 spiro atoms. The van der Waals surface area contributed by atoms with Gasteiger partial charge in [-0.3, -0.25) is 0 Å². The summed E-state index contributed by atoms with van der Waals surface area (Å²) in [4.78, 5) is 22.3. The van der Waals surface area contributed by atoms with Crippen LogP contribution in [-0.2, 0) is 9.53 Å². The Morgan fingerprint density at radius 3 is 2.44 bits per heavy atom. The van der Waals surface area contributed by atoms with Gasteiger partial charge in [-0.2, -0.15) is 0 Å². The Kier molecular flexibility index (Phi) is 9.00. The van der Waals surface area contributed by atoms with Crippen LogP contribution in [-0.4, -0.2) is 42.9 Å². The van der Waals surface area contributed by atoms with Crippen LogP contribution >= 0.6 is 0 Å². The van der Waals surface area contributed by atoms with Gasteiger partial charge < -0.3 is 20.5 Å². The minimum absolute atomic E-state index is 0.152. The number of carbonyl (C=O) groups is 2. The third-order valence-electron chi connectivity index (χ3n) is 2.32. The Bertz CT molecular complexity index is 256. The van der Waals surface area contributed by atoms with Crippen LogP contribution in [0.15, 0.2) is 0 Å². The summed E-state index contributed by atoms with van der Waals surface area (Å²) in [5, 5.41) is 13.9. The lowest BCUT2D eigenvalue weighted by molar-refractivity contribution is -0.140. The molecular formula is C12H24N2O4. The van der Waals surface area contributed by atoms with Crippen LogP contribution in [0.3, 0.4) is 0 Å². The Labute approximate surface area is 108 Å². The van der Waals surface area contributed by atoms with Gasteiger partial charge in [0.25, 0.3) is 0 Å². The van der Waals surface area contributed by atoms with Crippen LogP contribution in [0.5, 0.6) is 0 Å². The minimum Gasteiger partial charge on any atom is -0.480 e. The van der Waals surface area contributed by atoms with Crippen LogP contribution in [0, 0.1) is 5.92 Å². The Hall–Kier alpha value is -1.30. The number of hydrogen-bond donors (Lipinski definition) is 3. The summed E-state index contributed by atoms with van der Waals surface area (Å²) in [5.41, 5.74) is 0. The van der Waals surface area contributed by atoms with E-state index >= 15 is 0 Å². The molecule has 1 unspecified atom stereocenters. The molecule has 0 aliphatic rings. The minimum atomic E-state index is -1.02. The zero-order valence-corrected chi connectivity index (χ0v) is 11.4. The molecule has 6 nitrogen and oxygen atoms in total. The number of hydrogen-bond acceptors (Lipinski definition) is 3. The van der Waals surface area contributed by atoms with Crippen LogP contribution < -0.4 is 10.6 Å². The molecular weight excluding hydrogens is 236 g/mol. The van der Waals surface area contributed by atoms with Crippen molar-refractivity contribution in [3.8, 4) is 0 Å². The molecule has 0 aromatic heterocycles. The predicted octanol–water partition coefficient (Wildman–Crippen LogP) is 1.21. The molecule has 0 radical (unpaired) electrons. The predicted molar refractivity (Wildman–Crippen MR) is 68.5 cm³/mol. The summed E-state index contributed by atoms with van der Waals surface area (Å²) in [6.45, 7) is 7.32. The molecule has 0 heterocycles. The molecule has 6 heteroatoms. The van der Waals surface area contributed by atoms with Gasteiger partial charge in [0.1, 0.15) is 6.04 Å². The number of amides is 2. The molecule has 0 aliphatic carbocycles. The van der Waals surface area contributed by atoms with E-state index in [1.165, 1.54) is 0 Å². The van der Waals surface area contributed by atoms with Crippen molar-refractivity contribution >= 4 is 12.0 Å². The molecule has 0 aliphatic heterocycles. The van der Waals surface area contributed by atoms with Gasteiger partial charge in [0.2, 0.25) is 0 Å². The smallest absolute Gasteiger partial charge is 0.326 e. The molecule has 0 bridgehead atoms. The van der Waals surface area contributed by atoms with E-state index in [4.69, 9.17) is 9.84 Å². The highest BCUT2D eigenvalue weighted by Gasteiger charge is 2.22. The monoisotopic (exact) mass is 260 g/mol. The van der Waals surface area contributed by atoms with Gasteiger partial charge in [-0.05, 0) is 18.8 Å². The lowest BCUT2D eigenvalue weighted by Crippen LogP contribution is -2.48. The SMILES string of the molecule is CCCOCCCNC(=O)NC(C(=O)O)C(C)C. The van der Waals surface area contributed by atoms with Crippen molar-refractivity contribution in [1.29, 1.82) is 0 Å². The Morgan fingerprint density at radius 1 is 1.28 bits per heavy atom. The number of aliphatic carboxylic acids is 1. The highest BCUT2D eigenvalue weighted by molar-refractivity contribution is 5.82. The fraction of sp³-hybridized carbons (Fsp3) is 0.833. The van der Waals surface area contributed by atoms with E-state index < -0.39 is 18.0 Å². The van der Waals surface area contributed by atoms with Gasteiger partial charge in [-0.25, -0.2) is 9.59 Å². The van der Waals surface area contributed by atoms with E-state index in [2.05, 4.69) is 10.6 Å².